The molecule has 5 rings (SSSR count). The highest BCUT2D eigenvalue weighted by Crippen LogP contribution is 2.59. The van der Waals surface area contributed by atoms with Crippen molar-refractivity contribution in [3.8, 4) is 0 Å². The molecule has 5 aliphatic rings. The van der Waals surface area contributed by atoms with Crippen molar-refractivity contribution < 1.29 is 4.79 Å². The zero-order valence-electron chi connectivity index (χ0n) is 16.6. The molecule has 0 radical (unpaired) electrons. The number of rotatable bonds is 4. The summed E-state index contributed by atoms with van der Waals surface area (Å²) in [4.78, 5) is 18.6. The zero-order valence-corrected chi connectivity index (χ0v) is 16.6. The summed E-state index contributed by atoms with van der Waals surface area (Å²) >= 11 is 0. The van der Waals surface area contributed by atoms with E-state index < -0.39 is 0 Å². The molecule has 2 N–H and O–H groups in total. The normalized spacial score (nSPS) is 37.1. The molecule has 0 atom stereocenters. The van der Waals surface area contributed by atoms with Gasteiger partial charge < -0.3 is 15.5 Å². The van der Waals surface area contributed by atoms with Crippen LogP contribution in [0.4, 0.5) is 0 Å². The first kappa shape index (κ1) is 18.1. The van der Waals surface area contributed by atoms with Gasteiger partial charge in [-0.25, -0.2) is 0 Å². The Balaban J connectivity index is 1.29. The Hall–Kier alpha value is -1.26. The van der Waals surface area contributed by atoms with Crippen molar-refractivity contribution in [1.82, 2.24) is 15.5 Å². The topological polar surface area (TPSA) is 56.7 Å². The largest absolute Gasteiger partial charge is 0.359 e. The predicted octanol–water partition coefficient (Wildman–Crippen LogP) is 2.63. The third-order valence-electron chi connectivity index (χ3n) is 7.67. The van der Waals surface area contributed by atoms with Crippen LogP contribution in [0.2, 0.25) is 0 Å². The Bertz CT molecular complexity index is 515. The first-order valence-corrected chi connectivity index (χ1v) is 10.8. The highest BCUT2D eigenvalue weighted by Gasteiger charge is 2.50. The van der Waals surface area contributed by atoms with Crippen LogP contribution in [0.5, 0.6) is 0 Å². The van der Waals surface area contributed by atoms with E-state index in [1.807, 2.05) is 7.05 Å². The molecule has 146 valence electrons. The summed E-state index contributed by atoms with van der Waals surface area (Å²) in [6.45, 7) is 3.14. The number of carbonyl (C=O) groups excluding carboxylic acids is 1. The highest BCUT2D eigenvalue weighted by atomic mass is 16.1. The lowest BCUT2D eigenvalue weighted by molar-refractivity contribution is -0.121. The number of nitrogens with one attached hydrogen (secondary N) is 2. The van der Waals surface area contributed by atoms with Gasteiger partial charge in [0.05, 0.1) is 0 Å². The van der Waals surface area contributed by atoms with Crippen LogP contribution < -0.4 is 10.6 Å². The fourth-order valence-electron chi connectivity index (χ4n) is 6.82. The third-order valence-corrected chi connectivity index (χ3v) is 7.67. The van der Waals surface area contributed by atoms with E-state index >= 15 is 0 Å². The van der Waals surface area contributed by atoms with Crippen molar-refractivity contribution in [2.24, 2.45) is 34.1 Å². The van der Waals surface area contributed by atoms with Gasteiger partial charge in [0.2, 0.25) is 5.91 Å². The molecule has 5 heteroatoms. The minimum atomic E-state index is 0.174. The van der Waals surface area contributed by atoms with E-state index in [1.54, 1.807) is 7.05 Å². The number of piperidine rings is 1. The molecule has 0 aromatic heterocycles. The molecule has 1 heterocycles. The second-order valence-corrected chi connectivity index (χ2v) is 9.63. The fraction of sp³-hybridized carbons (Fsp3) is 0.905. The molecule has 0 unspecified atom stereocenters. The van der Waals surface area contributed by atoms with E-state index in [0.717, 1.165) is 56.2 Å². The maximum Gasteiger partial charge on any atom is 0.220 e. The van der Waals surface area contributed by atoms with Crippen molar-refractivity contribution in [2.45, 2.75) is 57.8 Å². The van der Waals surface area contributed by atoms with Crippen LogP contribution in [-0.4, -0.2) is 50.5 Å². The first-order chi connectivity index (χ1) is 12.6. The van der Waals surface area contributed by atoms with Gasteiger partial charge in [-0.2, -0.15) is 0 Å². The van der Waals surface area contributed by atoms with Crippen molar-refractivity contribution in [1.29, 1.82) is 0 Å². The van der Waals surface area contributed by atoms with E-state index in [0.29, 0.717) is 17.8 Å². The molecule has 4 bridgehead atoms. The van der Waals surface area contributed by atoms with Gasteiger partial charge in [0.25, 0.3) is 0 Å². The number of nitrogens with zero attached hydrogens (tertiary/aromatic N) is 2. The smallest absolute Gasteiger partial charge is 0.220 e. The number of likely N-dealkylation sites (tertiary alicyclic amines) is 1. The Labute approximate surface area is 158 Å². The third kappa shape index (κ3) is 3.72. The average Bonchev–Trinajstić information content (AvgIpc) is 2.62. The fourth-order valence-corrected chi connectivity index (χ4v) is 6.82. The number of guanidine groups is 1. The van der Waals surface area contributed by atoms with Gasteiger partial charge >= 0.3 is 0 Å². The summed E-state index contributed by atoms with van der Waals surface area (Å²) in [6.07, 6.45) is 11.7. The zero-order chi connectivity index (χ0) is 18.1. The minimum Gasteiger partial charge on any atom is -0.359 e. The molecule has 4 saturated carbocycles. The number of aliphatic imine (C=N–C) groups is 1. The average molecular weight is 361 g/mol. The van der Waals surface area contributed by atoms with Crippen LogP contribution in [0.1, 0.15) is 57.8 Å². The SMILES string of the molecule is CN=C(NCC12CC3CC(CC(C3)C1)C2)N1CCC(CC(=O)NC)CC1. The Morgan fingerprint density at radius 3 is 2.15 bits per heavy atom. The lowest BCUT2D eigenvalue weighted by Gasteiger charge is -2.57. The number of carbonyl (C=O) groups is 1. The summed E-state index contributed by atoms with van der Waals surface area (Å²) in [5.74, 6) is 4.79. The number of hydrogen-bond donors (Lipinski definition) is 2. The van der Waals surface area contributed by atoms with Gasteiger partial charge in [0.1, 0.15) is 0 Å². The van der Waals surface area contributed by atoms with Gasteiger partial charge in [0.15, 0.2) is 5.96 Å². The molecular formula is C21H36N4O. The Morgan fingerprint density at radius 2 is 1.65 bits per heavy atom. The van der Waals surface area contributed by atoms with E-state index in [2.05, 4.69) is 20.5 Å². The summed E-state index contributed by atoms with van der Waals surface area (Å²) < 4.78 is 0. The number of amides is 1. The van der Waals surface area contributed by atoms with Crippen LogP contribution in [0, 0.1) is 29.1 Å². The molecule has 1 aliphatic heterocycles. The van der Waals surface area contributed by atoms with Gasteiger partial charge in [0, 0.05) is 40.2 Å². The molecule has 0 aromatic rings. The molecule has 0 spiro atoms. The molecule has 4 aliphatic carbocycles. The summed E-state index contributed by atoms with van der Waals surface area (Å²) in [5.41, 5.74) is 0.544. The van der Waals surface area contributed by atoms with Gasteiger partial charge in [-0.15, -0.1) is 0 Å². The predicted molar refractivity (Wildman–Crippen MR) is 105 cm³/mol. The van der Waals surface area contributed by atoms with Crippen molar-refractivity contribution >= 4 is 11.9 Å². The monoisotopic (exact) mass is 360 g/mol. The Kier molecular flexibility index (Phi) is 5.15. The van der Waals surface area contributed by atoms with E-state index in [1.165, 1.54) is 38.5 Å². The second kappa shape index (κ2) is 7.40. The summed E-state index contributed by atoms with van der Waals surface area (Å²) in [5, 5.41) is 6.51. The van der Waals surface area contributed by atoms with E-state index in [4.69, 9.17) is 0 Å². The molecule has 1 saturated heterocycles. The highest BCUT2D eigenvalue weighted by molar-refractivity contribution is 5.80. The number of hydrogen-bond acceptors (Lipinski definition) is 2. The molecule has 1 amide bonds. The van der Waals surface area contributed by atoms with Gasteiger partial charge in [-0.1, -0.05) is 0 Å². The summed E-state index contributed by atoms with van der Waals surface area (Å²) in [6, 6.07) is 0. The lowest BCUT2D eigenvalue weighted by atomic mass is 9.49. The van der Waals surface area contributed by atoms with E-state index in [9.17, 15) is 4.79 Å². The van der Waals surface area contributed by atoms with Crippen LogP contribution in [0.15, 0.2) is 4.99 Å². The van der Waals surface area contributed by atoms with E-state index in [-0.39, 0.29) is 5.91 Å². The van der Waals surface area contributed by atoms with Crippen molar-refractivity contribution in [3.05, 3.63) is 0 Å². The maximum atomic E-state index is 11.6. The van der Waals surface area contributed by atoms with Crippen LogP contribution >= 0.6 is 0 Å². The van der Waals surface area contributed by atoms with Crippen molar-refractivity contribution in [3.63, 3.8) is 0 Å². The maximum absolute atomic E-state index is 11.6. The quantitative estimate of drug-likeness (QED) is 0.598. The van der Waals surface area contributed by atoms with Crippen molar-refractivity contribution in [2.75, 3.05) is 33.7 Å². The molecular weight excluding hydrogens is 324 g/mol. The van der Waals surface area contributed by atoms with Crippen LogP contribution in [0.25, 0.3) is 0 Å². The first-order valence-electron chi connectivity index (χ1n) is 10.8. The molecule has 0 aromatic carbocycles. The lowest BCUT2D eigenvalue weighted by Crippen LogP contribution is -2.54. The molecule has 26 heavy (non-hydrogen) atoms. The Morgan fingerprint density at radius 1 is 1.08 bits per heavy atom. The minimum absolute atomic E-state index is 0.174. The summed E-state index contributed by atoms with van der Waals surface area (Å²) in [7, 11) is 3.65. The van der Waals surface area contributed by atoms with Gasteiger partial charge in [-0.3, -0.25) is 9.79 Å². The second-order valence-electron chi connectivity index (χ2n) is 9.63. The van der Waals surface area contributed by atoms with Crippen LogP contribution in [-0.2, 0) is 4.79 Å². The standard InChI is InChI=1S/C21H36N4O/c1-22-19(26)10-15-3-5-25(6-4-15)20(23-2)24-14-21-11-16-7-17(12-21)9-18(8-16)13-21/h15-18H,3-14H2,1-2H3,(H,22,26)(H,23,24). The van der Waals surface area contributed by atoms with Crippen LogP contribution in [0.3, 0.4) is 0 Å². The van der Waals surface area contributed by atoms with Gasteiger partial charge in [-0.05, 0) is 80.5 Å². The molecule has 5 nitrogen and oxygen atoms in total. The molecule has 5 fully saturated rings.